The molecule has 0 bridgehead atoms. The van der Waals surface area contributed by atoms with Gasteiger partial charge in [0.25, 0.3) is 0 Å². The van der Waals surface area contributed by atoms with Crippen LogP contribution in [0.2, 0.25) is 0 Å². The van der Waals surface area contributed by atoms with Crippen molar-refractivity contribution in [2.24, 2.45) is 14.1 Å². The maximum atomic E-state index is 5.29. The number of aryl methyl sites for hydroxylation is 2. The Kier molecular flexibility index (Phi) is 5.44. The fraction of sp³-hybridized carbons (Fsp3) is 0.116. The number of rotatable bonds is 2. The first-order valence-corrected chi connectivity index (χ1v) is 17.2. The molecule has 0 atom stereocenters. The van der Waals surface area contributed by atoms with Gasteiger partial charge in [-0.05, 0) is 82.9 Å². The van der Waals surface area contributed by atoms with Crippen molar-refractivity contribution in [3.05, 3.63) is 121 Å². The smallest absolute Gasteiger partial charge is 0.140 e. The van der Waals surface area contributed by atoms with Gasteiger partial charge in [-0.2, -0.15) is 0 Å². The van der Waals surface area contributed by atoms with Crippen LogP contribution in [0.3, 0.4) is 0 Å². The van der Waals surface area contributed by atoms with Gasteiger partial charge in [0.15, 0.2) is 0 Å². The summed E-state index contributed by atoms with van der Waals surface area (Å²) in [4.78, 5) is 29.5. The van der Waals surface area contributed by atoms with Crippen LogP contribution < -0.4 is 0 Å². The van der Waals surface area contributed by atoms with Crippen molar-refractivity contribution in [3.63, 3.8) is 0 Å². The van der Waals surface area contributed by atoms with Gasteiger partial charge in [0, 0.05) is 77.0 Å². The number of fused-ring (bicyclic) bond motifs is 15. The van der Waals surface area contributed by atoms with Crippen LogP contribution in [-0.4, -0.2) is 39.0 Å². The van der Waals surface area contributed by atoms with E-state index in [0.717, 1.165) is 88.5 Å². The van der Waals surface area contributed by atoms with E-state index < -0.39 is 0 Å². The number of aromatic nitrogens is 8. The van der Waals surface area contributed by atoms with Gasteiger partial charge < -0.3 is 9.13 Å². The number of nitrogens with zero attached hydrogens (tertiary/aromatic N) is 8. The molecule has 8 nitrogen and oxygen atoms in total. The van der Waals surface area contributed by atoms with Crippen LogP contribution in [0.15, 0.2) is 110 Å². The first-order valence-electron chi connectivity index (χ1n) is 17.2. The molecule has 11 rings (SSSR count). The highest BCUT2D eigenvalue weighted by Crippen LogP contribution is 2.51. The van der Waals surface area contributed by atoms with E-state index in [4.69, 9.17) is 29.9 Å². The molecule has 1 aliphatic rings. The Hall–Kier alpha value is -6.54. The minimum absolute atomic E-state index is 0.244. The van der Waals surface area contributed by atoms with Crippen LogP contribution in [-0.2, 0) is 19.5 Å². The minimum Gasteiger partial charge on any atom is -0.327 e. The van der Waals surface area contributed by atoms with E-state index in [0.29, 0.717) is 0 Å². The second kappa shape index (κ2) is 9.79. The van der Waals surface area contributed by atoms with Crippen molar-refractivity contribution in [3.8, 4) is 33.9 Å². The van der Waals surface area contributed by atoms with Gasteiger partial charge in [-0.15, -0.1) is 0 Å². The van der Waals surface area contributed by atoms with E-state index in [2.05, 4.69) is 97.7 Å². The average Bonchev–Trinajstić information content (AvgIpc) is 3.78. The van der Waals surface area contributed by atoms with Gasteiger partial charge in [-0.1, -0.05) is 38.1 Å². The number of imidazole rings is 2. The van der Waals surface area contributed by atoms with Crippen LogP contribution in [0, 0.1) is 0 Å². The quantitative estimate of drug-likeness (QED) is 0.172. The first kappa shape index (κ1) is 28.3. The maximum Gasteiger partial charge on any atom is 0.140 e. The molecule has 1 aliphatic carbocycles. The molecule has 0 radical (unpaired) electrons. The molecule has 6 heterocycles. The van der Waals surface area contributed by atoms with Gasteiger partial charge in [0.1, 0.15) is 11.6 Å². The van der Waals surface area contributed by atoms with Crippen LogP contribution in [0.1, 0.15) is 25.0 Å². The third kappa shape index (κ3) is 3.63. The molecule has 0 aliphatic heterocycles. The van der Waals surface area contributed by atoms with E-state index in [1.54, 1.807) is 0 Å². The lowest BCUT2D eigenvalue weighted by Gasteiger charge is -2.22. The molecule has 0 saturated carbocycles. The summed E-state index contributed by atoms with van der Waals surface area (Å²) in [5.74, 6) is 1.84. The molecule has 0 spiro atoms. The zero-order valence-electron chi connectivity index (χ0n) is 28.5. The van der Waals surface area contributed by atoms with Gasteiger partial charge >= 0.3 is 0 Å². The van der Waals surface area contributed by atoms with Crippen LogP contribution in [0.4, 0.5) is 0 Å². The van der Waals surface area contributed by atoms with Gasteiger partial charge in [0.2, 0.25) is 0 Å². The lowest BCUT2D eigenvalue weighted by molar-refractivity contribution is 0.660. The van der Waals surface area contributed by atoms with E-state index in [1.807, 2.05) is 49.1 Å². The Morgan fingerprint density at radius 1 is 0.451 bits per heavy atom. The predicted molar refractivity (Wildman–Crippen MR) is 205 cm³/mol. The Bertz CT molecular complexity index is 2940. The molecule has 4 aromatic carbocycles. The molecule has 0 fully saturated rings. The van der Waals surface area contributed by atoms with E-state index in [1.165, 1.54) is 22.3 Å². The third-order valence-corrected chi connectivity index (χ3v) is 11.1. The molecule has 0 unspecified atom stereocenters. The fourth-order valence-electron chi connectivity index (χ4n) is 8.66. The molecular formula is C43H30N8. The number of benzene rings is 4. The second-order valence-corrected chi connectivity index (χ2v) is 14.1. The largest absolute Gasteiger partial charge is 0.327 e. The summed E-state index contributed by atoms with van der Waals surface area (Å²) in [6.07, 6.45) is 7.32. The molecular weight excluding hydrogens is 629 g/mol. The molecule has 0 saturated heterocycles. The maximum absolute atomic E-state index is 5.29. The van der Waals surface area contributed by atoms with Crippen molar-refractivity contribution in [1.29, 1.82) is 0 Å². The Morgan fingerprint density at radius 3 is 1.24 bits per heavy atom. The fourth-order valence-corrected chi connectivity index (χ4v) is 8.66. The van der Waals surface area contributed by atoms with Gasteiger partial charge in [-0.3, -0.25) is 19.9 Å². The second-order valence-electron chi connectivity index (χ2n) is 14.1. The summed E-state index contributed by atoms with van der Waals surface area (Å²) in [5.41, 5.74) is 14.6. The van der Waals surface area contributed by atoms with Crippen LogP contribution in [0.5, 0.6) is 0 Å². The third-order valence-electron chi connectivity index (χ3n) is 11.1. The highest BCUT2D eigenvalue weighted by Gasteiger charge is 2.36. The number of hydrogen-bond donors (Lipinski definition) is 0. The SMILES string of the molecule is Cn1c(-c2ccc3c(c2)C(C)(C)c2cc(-c4nc5c6cccnc6c6ncccc6c5n4C)ccc2-3)nc2c3cccnc3c3ncccc3c21. The first-order chi connectivity index (χ1) is 24.9. The zero-order valence-corrected chi connectivity index (χ0v) is 28.5. The Balaban J connectivity index is 1.07. The molecule has 242 valence electrons. The lowest BCUT2D eigenvalue weighted by Crippen LogP contribution is -2.15. The molecule has 51 heavy (non-hydrogen) atoms. The van der Waals surface area contributed by atoms with E-state index >= 15 is 0 Å². The summed E-state index contributed by atoms with van der Waals surface area (Å²) < 4.78 is 4.43. The lowest BCUT2D eigenvalue weighted by atomic mass is 9.81. The highest BCUT2D eigenvalue weighted by atomic mass is 15.1. The molecule has 6 aromatic heterocycles. The van der Waals surface area contributed by atoms with Crippen molar-refractivity contribution in [1.82, 2.24) is 39.0 Å². The van der Waals surface area contributed by atoms with E-state index in [9.17, 15) is 0 Å². The molecule has 10 aromatic rings. The Morgan fingerprint density at radius 2 is 0.824 bits per heavy atom. The topological polar surface area (TPSA) is 87.2 Å². The summed E-state index contributed by atoms with van der Waals surface area (Å²) in [7, 11) is 4.21. The summed E-state index contributed by atoms with van der Waals surface area (Å²) in [6, 6.07) is 30.0. The predicted octanol–water partition coefficient (Wildman–Crippen LogP) is 9.29. The van der Waals surface area contributed by atoms with Gasteiger partial charge in [0.05, 0.1) is 44.1 Å². The highest BCUT2D eigenvalue weighted by molar-refractivity contribution is 6.22. The van der Waals surface area contributed by atoms with E-state index in [-0.39, 0.29) is 5.41 Å². The molecule has 0 N–H and O–H groups in total. The minimum atomic E-state index is -0.244. The van der Waals surface area contributed by atoms with Crippen molar-refractivity contribution < 1.29 is 0 Å². The summed E-state index contributed by atoms with van der Waals surface area (Å²) in [5, 5.41) is 4.13. The van der Waals surface area contributed by atoms with Crippen molar-refractivity contribution in [2.45, 2.75) is 19.3 Å². The summed E-state index contributed by atoms with van der Waals surface area (Å²) in [6.45, 7) is 4.65. The van der Waals surface area contributed by atoms with Gasteiger partial charge in [-0.25, -0.2) is 9.97 Å². The standard InChI is InChI=1S/C43H30N8/c1-43(2)31-21-23(41-48-37-27-9-5-17-44-33(27)35-29(11-7-19-46-35)39(37)50(41)3)13-15-25(31)26-16-14-24(22-32(26)43)42-49-38-28-10-6-18-45-34(28)36-30(12-8-20-47-36)40(38)51(42)4/h5-22H,1-4H3. The normalized spacial score (nSPS) is 13.6. The monoisotopic (exact) mass is 658 g/mol. The average molecular weight is 659 g/mol. The van der Waals surface area contributed by atoms with Crippen LogP contribution in [0.25, 0.3) is 99.6 Å². The van der Waals surface area contributed by atoms with Crippen molar-refractivity contribution in [2.75, 3.05) is 0 Å². The zero-order chi connectivity index (χ0) is 34.2. The molecule has 8 heteroatoms. The number of pyridine rings is 4. The number of hydrogen-bond acceptors (Lipinski definition) is 6. The van der Waals surface area contributed by atoms with Crippen LogP contribution >= 0.6 is 0 Å². The molecule has 0 amide bonds. The van der Waals surface area contributed by atoms with Crippen molar-refractivity contribution >= 4 is 65.7 Å². The summed E-state index contributed by atoms with van der Waals surface area (Å²) >= 11 is 0. The Labute approximate surface area is 292 Å².